The van der Waals surface area contributed by atoms with Crippen LogP contribution in [-0.2, 0) is 0 Å². The van der Waals surface area contributed by atoms with Crippen molar-refractivity contribution in [3.05, 3.63) is 36.4 Å². The number of hydrogen-bond donors (Lipinski definition) is 2. The number of benzene rings is 2. The van der Waals surface area contributed by atoms with Gasteiger partial charge in [0.25, 0.3) is 0 Å². The molecule has 1 heterocycles. The second-order valence-electron chi connectivity index (χ2n) is 10.3. The summed E-state index contributed by atoms with van der Waals surface area (Å²) >= 11 is 0. The van der Waals surface area contributed by atoms with E-state index in [1.165, 1.54) is 20.0 Å². The predicted octanol–water partition coefficient (Wildman–Crippen LogP) is 7.82. The highest BCUT2D eigenvalue weighted by Crippen LogP contribution is 2.35. The highest BCUT2D eigenvalue weighted by Gasteiger charge is 2.18. The van der Waals surface area contributed by atoms with Crippen molar-refractivity contribution in [2.24, 2.45) is 11.8 Å². The van der Waals surface area contributed by atoms with Gasteiger partial charge in [0.1, 0.15) is 23.0 Å². The minimum atomic E-state index is -0.0140. The molecular formula is C32H45N3O5. The first-order valence-electron chi connectivity index (χ1n) is 14.6. The van der Waals surface area contributed by atoms with Crippen LogP contribution in [0, 0.1) is 11.8 Å². The Morgan fingerprint density at radius 2 is 1.12 bits per heavy atom. The van der Waals surface area contributed by atoms with E-state index in [9.17, 15) is 10.2 Å². The molecule has 3 rings (SSSR count). The fraction of sp³-hybridized carbons (Fsp3) is 0.531. The zero-order chi connectivity index (χ0) is 28.9. The highest BCUT2D eigenvalue weighted by molar-refractivity contribution is 5.70. The summed E-state index contributed by atoms with van der Waals surface area (Å²) in [5.41, 5.74) is 0.814. The zero-order valence-corrected chi connectivity index (χ0v) is 24.7. The quantitative estimate of drug-likeness (QED) is 0.175. The lowest BCUT2D eigenvalue weighted by atomic mass is 10.0. The van der Waals surface area contributed by atoms with Gasteiger partial charge in [0.15, 0.2) is 11.6 Å². The number of ether oxygens (including phenoxy) is 3. The highest BCUT2D eigenvalue weighted by atomic mass is 16.5. The first kappa shape index (κ1) is 31.0. The van der Waals surface area contributed by atoms with E-state index in [0.717, 1.165) is 38.5 Å². The molecule has 3 aromatic rings. The summed E-state index contributed by atoms with van der Waals surface area (Å²) in [5.74, 6) is 2.56. The standard InChI is InChI=1S/C32H45N3O5/c1-6-10-12-22(8-3)20-39-24-14-16-26(28(36)18-24)30-33-31(35-32(34-30)38-5)27-17-15-25(19-29(27)37)40-21-23(9-4)13-11-7-2/h14-19,22-23,36-37H,6-13,20-21H2,1-5H3. The number of phenols is 2. The average Bonchev–Trinajstić information content (AvgIpc) is 2.97. The van der Waals surface area contributed by atoms with Crippen LogP contribution in [-0.4, -0.2) is 45.5 Å². The number of unbranched alkanes of at least 4 members (excludes halogenated alkanes) is 2. The molecule has 218 valence electrons. The van der Waals surface area contributed by atoms with Crippen LogP contribution in [0.2, 0.25) is 0 Å². The third kappa shape index (κ3) is 8.73. The van der Waals surface area contributed by atoms with Crippen LogP contribution < -0.4 is 14.2 Å². The summed E-state index contributed by atoms with van der Waals surface area (Å²) in [5, 5.41) is 21.6. The van der Waals surface area contributed by atoms with Gasteiger partial charge in [0, 0.05) is 12.1 Å². The minimum absolute atomic E-state index is 0.0140. The van der Waals surface area contributed by atoms with Gasteiger partial charge in [0.05, 0.1) is 31.5 Å². The van der Waals surface area contributed by atoms with E-state index in [2.05, 4.69) is 42.6 Å². The van der Waals surface area contributed by atoms with Gasteiger partial charge in [-0.05, 0) is 48.9 Å². The molecule has 8 nitrogen and oxygen atoms in total. The lowest BCUT2D eigenvalue weighted by Crippen LogP contribution is -2.11. The second kappa shape index (κ2) is 15.9. The first-order valence-corrected chi connectivity index (χ1v) is 14.6. The molecule has 0 bridgehead atoms. The number of methoxy groups -OCH3 is 1. The third-order valence-corrected chi connectivity index (χ3v) is 7.28. The van der Waals surface area contributed by atoms with Crippen molar-refractivity contribution >= 4 is 0 Å². The lowest BCUT2D eigenvalue weighted by Gasteiger charge is -2.16. The second-order valence-corrected chi connectivity index (χ2v) is 10.3. The van der Waals surface area contributed by atoms with Crippen LogP contribution in [0.1, 0.15) is 79.1 Å². The van der Waals surface area contributed by atoms with E-state index in [4.69, 9.17) is 14.2 Å². The van der Waals surface area contributed by atoms with Crippen LogP contribution in [0.5, 0.6) is 29.0 Å². The van der Waals surface area contributed by atoms with Crippen LogP contribution in [0.4, 0.5) is 0 Å². The molecule has 2 aromatic carbocycles. The van der Waals surface area contributed by atoms with E-state index < -0.39 is 0 Å². The van der Waals surface area contributed by atoms with Gasteiger partial charge < -0.3 is 24.4 Å². The minimum Gasteiger partial charge on any atom is -0.507 e. The smallest absolute Gasteiger partial charge is 0.320 e. The Kier molecular flexibility index (Phi) is 12.3. The molecule has 2 atom stereocenters. The van der Waals surface area contributed by atoms with Gasteiger partial charge in [-0.25, -0.2) is 4.98 Å². The largest absolute Gasteiger partial charge is 0.507 e. The van der Waals surface area contributed by atoms with E-state index in [0.29, 0.717) is 47.7 Å². The normalized spacial score (nSPS) is 12.6. The van der Waals surface area contributed by atoms with Crippen molar-refractivity contribution in [1.29, 1.82) is 0 Å². The molecule has 2 N–H and O–H groups in total. The Bertz CT molecular complexity index is 1120. The summed E-state index contributed by atoms with van der Waals surface area (Å²) < 4.78 is 17.3. The Morgan fingerprint density at radius 3 is 1.48 bits per heavy atom. The Hall–Kier alpha value is -3.55. The molecule has 0 amide bonds. The Morgan fingerprint density at radius 1 is 0.675 bits per heavy atom. The molecule has 0 fully saturated rings. The zero-order valence-electron chi connectivity index (χ0n) is 24.7. The molecule has 8 heteroatoms. The molecule has 0 spiro atoms. The van der Waals surface area contributed by atoms with E-state index in [1.807, 2.05) is 0 Å². The van der Waals surface area contributed by atoms with Crippen molar-refractivity contribution < 1.29 is 24.4 Å². The molecule has 1 aromatic heterocycles. The molecule has 0 aliphatic rings. The summed E-state index contributed by atoms with van der Waals surface area (Å²) in [4.78, 5) is 13.2. The van der Waals surface area contributed by atoms with Gasteiger partial charge in [-0.2, -0.15) is 9.97 Å². The predicted molar refractivity (Wildman–Crippen MR) is 158 cm³/mol. The maximum atomic E-state index is 10.8. The molecule has 40 heavy (non-hydrogen) atoms. The third-order valence-electron chi connectivity index (χ3n) is 7.28. The number of rotatable bonds is 17. The van der Waals surface area contributed by atoms with Crippen molar-refractivity contribution in [2.45, 2.75) is 79.1 Å². The van der Waals surface area contributed by atoms with Crippen LogP contribution in [0.15, 0.2) is 36.4 Å². The molecule has 0 aliphatic heterocycles. The molecule has 2 unspecified atom stereocenters. The number of phenolic OH excluding ortho intramolecular Hbond substituents is 2. The van der Waals surface area contributed by atoms with Gasteiger partial charge in [0.2, 0.25) is 0 Å². The van der Waals surface area contributed by atoms with Gasteiger partial charge in [-0.1, -0.05) is 66.2 Å². The maximum Gasteiger partial charge on any atom is 0.320 e. The van der Waals surface area contributed by atoms with E-state index >= 15 is 0 Å². The molecule has 0 radical (unpaired) electrons. The summed E-state index contributed by atoms with van der Waals surface area (Å²) in [6.45, 7) is 9.93. The monoisotopic (exact) mass is 551 g/mol. The molecular weight excluding hydrogens is 506 g/mol. The van der Waals surface area contributed by atoms with Crippen LogP contribution >= 0.6 is 0 Å². The van der Waals surface area contributed by atoms with Crippen molar-refractivity contribution in [1.82, 2.24) is 15.0 Å². The number of hydrogen-bond acceptors (Lipinski definition) is 8. The average molecular weight is 552 g/mol. The SMILES string of the molecule is CCCCC(CC)COc1ccc(-c2nc(OC)nc(-c3ccc(OCC(CC)CCCC)cc3O)n2)c(O)c1. The van der Waals surface area contributed by atoms with Crippen molar-refractivity contribution in [3.8, 4) is 51.8 Å². The molecule has 0 saturated carbocycles. The summed E-state index contributed by atoms with van der Waals surface area (Å²) in [7, 11) is 1.46. The summed E-state index contributed by atoms with van der Waals surface area (Å²) in [6, 6.07) is 10.3. The number of aromatic hydroxyl groups is 2. The molecule has 0 aliphatic carbocycles. The van der Waals surface area contributed by atoms with Crippen molar-refractivity contribution in [3.63, 3.8) is 0 Å². The number of nitrogens with zero attached hydrogens (tertiary/aromatic N) is 3. The fourth-order valence-electron chi connectivity index (χ4n) is 4.49. The maximum absolute atomic E-state index is 10.8. The van der Waals surface area contributed by atoms with Gasteiger partial charge in [-0.3, -0.25) is 0 Å². The van der Waals surface area contributed by atoms with Gasteiger partial charge in [-0.15, -0.1) is 0 Å². The van der Waals surface area contributed by atoms with Crippen LogP contribution in [0.25, 0.3) is 22.8 Å². The fourth-order valence-corrected chi connectivity index (χ4v) is 4.49. The van der Waals surface area contributed by atoms with E-state index in [-0.39, 0.29) is 29.2 Å². The lowest BCUT2D eigenvalue weighted by molar-refractivity contribution is 0.232. The van der Waals surface area contributed by atoms with E-state index in [1.54, 1.807) is 36.4 Å². The van der Waals surface area contributed by atoms with Crippen LogP contribution in [0.3, 0.4) is 0 Å². The Balaban J connectivity index is 1.79. The molecule has 0 saturated heterocycles. The number of aromatic nitrogens is 3. The summed E-state index contributed by atoms with van der Waals surface area (Å²) in [6.07, 6.45) is 9.05. The van der Waals surface area contributed by atoms with Crippen molar-refractivity contribution in [2.75, 3.05) is 20.3 Å². The topological polar surface area (TPSA) is 107 Å². The van der Waals surface area contributed by atoms with Gasteiger partial charge >= 0.3 is 6.01 Å². The first-order chi connectivity index (χ1) is 19.4. The Labute approximate surface area is 238 Å².